The maximum absolute atomic E-state index is 10.9. The van der Waals surface area contributed by atoms with Crippen molar-refractivity contribution in [2.24, 2.45) is 0 Å². The molecule has 0 bridgehead atoms. The Balaban J connectivity index is 2.59. The molecule has 2 N–H and O–H groups in total. The second kappa shape index (κ2) is 5.66. The van der Waals surface area contributed by atoms with Gasteiger partial charge in [0.2, 0.25) is 0 Å². The van der Waals surface area contributed by atoms with E-state index in [1.807, 2.05) is 0 Å². The molecule has 0 amide bonds. The lowest BCUT2D eigenvalue weighted by atomic mass is 10.2. The fourth-order valence-electron chi connectivity index (χ4n) is 0.933. The van der Waals surface area contributed by atoms with Crippen molar-refractivity contribution in [1.82, 2.24) is 4.98 Å². The minimum absolute atomic E-state index is 0.0716. The van der Waals surface area contributed by atoms with E-state index in [4.69, 9.17) is 10.5 Å². The van der Waals surface area contributed by atoms with Gasteiger partial charge in [-0.05, 0) is 13.0 Å². The number of ether oxygens (including phenoxy) is 1. The summed E-state index contributed by atoms with van der Waals surface area (Å²) in [4.78, 5) is 14.8. The van der Waals surface area contributed by atoms with Crippen molar-refractivity contribution in [2.45, 2.75) is 13.3 Å². The van der Waals surface area contributed by atoms with Gasteiger partial charge in [0.05, 0.1) is 17.9 Å². The molecule has 0 aliphatic carbocycles. The number of esters is 1. The number of pyridine rings is 1. The van der Waals surface area contributed by atoms with Crippen molar-refractivity contribution in [1.29, 1.82) is 0 Å². The number of carbonyl (C=O) groups is 1. The van der Waals surface area contributed by atoms with Crippen LogP contribution in [0.15, 0.2) is 18.5 Å². The third-order valence-electron chi connectivity index (χ3n) is 1.62. The SMILES string of the molecule is CCOC(=O)CC#Cc1cnccc1N. The maximum Gasteiger partial charge on any atom is 0.317 e. The van der Waals surface area contributed by atoms with E-state index in [0.717, 1.165) is 0 Å². The average Bonchev–Trinajstić information content (AvgIpc) is 2.21. The van der Waals surface area contributed by atoms with Crippen LogP contribution in [0.4, 0.5) is 5.69 Å². The van der Waals surface area contributed by atoms with Crippen LogP contribution >= 0.6 is 0 Å². The summed E-state index contributed by atoms with van der Waals surface area (Å²) in [5.74, 6) is 5.12. The Morgan fingerprint density at radius 3 is 3.13 bits per heavy atom. The van der Waals surface area contributed by atoms with Crippen LogP contribution in [0.2, 0.25) is 0 Å². The van der Waals surface area contributed by atoms with E-state index in [1.54, 1.807) is 25.4 Å². The summed E-state index contributed by atoms with van der Waals surface area (Å²) in [5.41, 5.74) is 6.82. The smallest absolute Gasteiger partial charge is 0.317 e. The van der Waals surface area contributed by atoms with Crippen LogP contribution in [0.3, 0.4) is 0 Å². The Morgan fingerprint density at radius 1 is 1.67 bits per heavy atom. The second-order valence-corrected chi connectivity index (χ2v) is 2.75. The van der Waals surface area contributed by atoms with Crippen molar-refractivity contribution in [3.63, 3.8) is 0 Å². The normalized spacial score (nSPS) is 8.87. The standard InChI is InChI=1S/C11H12N2O2/c1-2-15-11(14)5-3-4-9-8-13-7-6-10(9)12/h6-8H,2,5H2,1H3,(H2,12,13). The summed E-state index contributed by atoms with van der Waals surface area (Å²) >= 11 is 0. The van der Waals surface area contributed by atoms with Gasteiger partial charge in [-0.2, -0.15) is 0 Å². The molecule has 0 aromatic carbocycles. The van der Waals surface area contributed by atoms with Crippen LogP contribution < -0.4 is 5.73 Å². The molecule has 0 unspecified atom stereocenters. The Kier molecular flexibility index (Phi) is 4.17. The third kappa shape index (κ3) is 3.69. The molecule has 0 saturated carbocycles. The second-order valence-electron chi connectivity index (χ2n) is 2.75. The van der Waals surface area contributed by atoms with Crippen LogP contribution in [0.5, 0.6) is 0 Å². The lowest BCUT2D eigenvalue weighted by Gasteiger charge is -1.96. The molecule has 0 fully saturated rings. The Labute approximate surface area is 88.5 Å². The molecule has 4 heteroatoms. The zero-order valence-electron chi connectivity index (χ0n) is 8.49. The van der Waals surface area contributed by atoms with E-state index in [-0.39, 0.29) is 12.4 Å². The van der Waals surface area contributed by atoms with Gasteiger partial charge in [0.25, 0.3) is 0 Å². The largest absolute Gasteiger partial charge is 0.465 e. The highest BCUT2D eigenvalue weighted by molar-refractivity contribution is 5.72. The van der Waals surface area contributed by atoms with Crippen LogP contribution in [-0.4, -0.2) is 17.6 Å². The summed E-state index contributed by atoms with van der Waals surface area (Å²) in [6.07, 6.45) is 3.22. The van der Waals surface area contributed by atoms with Crippen LogP contribution in [0.25, 0.3) is 0 Å². The molecular formula is C11H12N2O2. The van der Waals surface area contributed by atoms with Gasteiger partial charge in [0.15, 0.2) is 0 Å². The quantitative estimate of drug-likeness (QED) is 0.575. The first-order valence-electron chi connectivity index (χ1n) is 4.58. The van der Waals surface area contributed by atoms with E-state index >= 15 is 0 Å². The van der Waals surface area contributed by atoms with Gasteiger partial charge in [0.1, 0.15) is 6.42 Å². The van der Waals surface area contributed by atoms with Crippen molar-refractivity contribution in [2.75, 3.05) is 12.3 Å². The fourth-order valence-corrected chi connectivity index (χ4v) is 0.933. The highest BCUT2D eigenvalue weighted by Crippen LogP contribution is 2.05. The number of nitrogens with zero attached hydrogens (tertiary/aromatic N) is 1. The molecule has 1 heterocycles. The predicted octanol–water partition coefficient (Wildman–Crippen LogP) is 0.968. The number of hydrogen-bond donors (Lipinski definition) is 1. The highest BCUT2D eigenvalue weighted by Gasteiger charge is 1.97. The third-order valence-corrected chi connectivity index (χ3v) is 1.62. The Hall–Kier alpha value is -2.02. The molecule has 0 aliphatic heterocycles. The van der Waals surface area contributed by atoms with Crippen molar-refractivity contribution >= 4 is 11.7 Å². The summed E-state index contributed by atoms with van der Waals surface area (Å²) in [7, 11) is 0. The Bertz CT molecular complexity index is 405. The van der Waals surface area contributed by atoms with Gasteiger partial charge in [-0.25, -0.2) is 0 Å². The summed E-state index contributed by atoms with van der Waals surface area (Å²) < 4.78 is 4.72. The zero-order valence-corrected chi connectivity index (χ0v) is 8.49. The van der Waals surface area contributed by atoms with Crippen LogP contribution in [0.1, 0.15) is 18.9 Å². The van der Waals surface area contributed by atoms with E-state index in [2.05, 4.69) is 16.8 Å². The van der Waals surface area contributed by atoms with Crippen molar-refractivity contribution in [3.05, 3.63) is 24.0 Å². The molecule has 78 valence electrons. The van der Waals surface area contributed by atoms with Crippen molar-refractivity contribution in [3.8, 4) is 11.8 Å². The van der Waals surface area contributed by atoms with Gasteiger partial charge in [0, 0.05) is 12.4 Å². The number of aromatic nitrogens is 1. The van der Waals surface area contributed by atoms with E-state index in [1.165, 1.54) is 0 Å². The first-order chi connectivity index (χ1) is 7.24. The summed E-state index contributed by atoms with van der Waals surface area (Å²) in [6.45, 7) is 2.12. The molecule has 15 heavy (non-hydrogen) atoms. The molecular weight excluding hydrogens is 192 g/mol. The molecule has 0 radical (unpaired) electrons. The van der Waals surface area contributed by atoms with Gasteiger partial charge < -0.3 is 10.5 Å². The van der Waals surface area contributed by atoms with Crippen molar-refractivity contribution < 1.29 is 9.53 Å². The number of carbonyl (C=O) groups excluding carboxylic acids is 1. The molecule has 0 spiro atoms. The lowest BCUT2D eigenvalue weighted by molar-refractivity contribution is -0.141. The van der Waals surface area contributed by atoms with E-state index in [9.17, 15) is 4.79 Å². The average molecular weight is 204 g/mol. The van der Waals surface area contributed by atoms with E-state index < -0.39 is 0 Å². The van der Waals surface area contributed by atoms with Gasteiger partial charge in [-0.1, -0.05) is 11.8 Å². The zero-order chi connectivity index (χ0) is 11.1. The number of hydrogen-bond acceptors (Lipinski definition) is 4. The monoisotopic (exact) mass is 204 g/mol. The first-order valence-corrected chi connectivity index (χ1v) is 4.58. The first kappa shape index (κ1) is 11.1. The minimum atomic E-state index is -0.326. The molecule has 1 aromatic heterocycles. The highest BCUT2D eigenvalue weighted by atomic mass is 16.5. The molecule has 0 saturated heterocycles. The number of rotatable bonds is 2. The van der Waals surface area contributed by atoms with Gasteiger partial charge in [-0.3, -0.25) is 9.78 Å². The van der Waals surface area contributed by atoms with E-state index in [0.29, 0.717) is 17.9 Å². The molecule has 0 atom stereocenters. The summed E-state index contributed by atoms with van der Waals surface area (Å²) in [5, 5.41) is 0. The number of anilines is 1. The van der Waals surface area contributed by atoms with Gasteiger partial charge >= 0.3 is 5.97 Å². The maximum atomic E-state index is 10.9. The molecule has 1 aromatic rings. The lowest BCUT2D eigenvalue weighted by Crippen LogP contribution is -2.01. The molecule has 1 rings (SSSR count). The minimum Gasteiger partial charge on any atom is -0.465 e. The topological polar surface area (TPSA) is 65.2 Å². The van der Waals surface area contributed by atoms with Crippen LogP contribution in [-0.2, 0) is 9.53 Å². The summed E-state index contributed by atoms with van der Waals surface area (Å²) in [6, 6.07) is 1.66. The predicted molar refractivity (Wildman–Crippen MR) is 56.8 cm³/mol. The fraction of sp³-hybridized carbons (Fsp3) is 0.273. The number of nitrogens with two attached hydrogens (primary N) is 1. The number of nitrogen functional groups attached to an aromatic ring is 1. The Morgan fingerprint density at radius 2 is 2.47 bits per heavy atom. The van der Waals surface area contributed by atoms with Crippen LogP contribution in [0, 0.1) is 11.8 Å². The molecule has 0 aliphatic rings. The molecule has 4 nitrogen and oxygen atoms in total. The van der Waals surface area contributed by atoms with Gasteiger partial charge in [-0.15, -0.1) is 0 Å².